The minimum atomic E-state index is 0.367. The lowest BCUT2D eigenvalue weighted by molar-refractivity contribution is 0.418. The molecule has 1 saturated heterocycles. The van der Waals surface area contributed by atoms with Crippen molar-refractivity contribution in [3.63, 3.8) is 0 Å². The zero-order valence-electron chi connectivity index (χ0n) is 11.3. The highest BCUT2D eigenvalue weighted by Crippen LogP contribution is 2.31. The van der Waals surface area contributed by atoms with Crippen LogP contribution < -0.4 is 10.2 Å². The van der Waals surface area contributed by atoms with Gasteiger partial charge in [0.25, 0.3) is 0 Å². The number of hydrogen-bond acceptors (Lipinski definition) is 3. The molecule has 1 aliphatic rings. The van der Waals surface area contributed by atoms with Gasteiger partial charge in [-0.15, -0.1) is 0 Å². The van der Waals surface area contributed by atoms with E-state index in [0.717, 1.165) is 18.9 Å². The van der Waals surface area contributed by atoms with E-state index in [2.05, 4.69) is 48.1 Å². The van der Waals surface area contributed by atoms with Crippen LogP contribution in [0.15, 0.2) is 18.3 Å². The fourth-order valence-corrected chi connectivity index (χ4v) is 2.32. The number of anilines is 1. The molecule has 0 saturated carbocycles. The van der Waals surface area contributed by atoms with Crippen molar-refractivity contribution in [2.45, 2.75) is 33.2 Å². The number of aromatic nitrogens is 1. The van der Waals surface area contributed by atoms with E-state index in [4.69, 9.17) is 0 Å². The van der Waals surface area contributed by atoms with Gasteiger partial charge in [0.1, 0.15) is 5.82 Å². The van der Waals surface area contributed by atoms with Crippen LogP contribution in [0.5, 0.6) is 0 Å². The summed E-state index contributed by atoms with van der Waals surface area (Å²) >= 11 is 0. The highest BCUT2D eigenvalue weighted by atomic mass is 15.2. The maximum absolute atomic E-state index is 4.58. The molecule has 3 nitrogen and oxygen atoms in total. The van der Waals surface area contributed by atoms with Crippen LogP contribution >= 0.6 is 0 Å². The van der Waals surface area contributed by atoms with Gasteiger partial charge in [0.2, 0.25) is 0 Å². The van der Waals surface area contributed by atoms with Crippen molar-refractivity contribution in [3.8, 4) is 0 Å². The number of hydrogen-bond donors (Lipinski definition) is 1. The monoisotopic (exact) mass is 233 g/mol. The van der Waals surface area contributed by atoms with Crippen LogP contribution in [0.25, 0.3) is 0 Å². The summed E-state index contributed by atoms with van der Waals surface area (Å²) < 4.78 is 0. The first-order chi connectivity index (χ1) is 8.02. The predicted octanol–water partition coefficient (Wildman–Crippen LogP) is 2.60. The summed E-state index contributed by atoms with van der Waals surface area (Å²) in [5.41, 5.74) is 1.67. The molecule has 17 heavy (non-hydrogen) atoms. The first-order valence-electron chi connectivity index (χ1n) is 6.40. The molecule has 0 aromatic carbocycles. The van der Waals surface area contributed by atoms with Crippen LogP contribution in [0.4, 0.5) is 5.82 Å². The molecule has 2 rings (SSSR count). The highest BCUT2D eigenvalue weighted by Gasteiger charge is 2.29. The smallest absolute Gasteiger partial charge is 0.128 e. The summed E-state index contributed by atoms with van der Waals surface area (Å²) in [5, 5.41) is 3.23. The highest BCUT2D eigenvalue weighted by molar-refractivity contribution is 5.41. The Labute approximate surface area is 104 Å². The third kappa shape index (κ3) is 2.78. The van der Waals surface area contributed by atoms with Crippen molar-refractivity contribution < 1.29 is 0 Å². The van der Waals surface area contributed by atoms with Gasteiger partial charge in [-0.2, -0.15) is 0 Å². The van der Waals surface area contributed by atoms with Crippen molar-refractivity contribution in [1.82, 2.24) is 10.3 Å². The van der Waals surface area contributed by atoms with E-state index < -0.39 is 0 Å². The average Bonchev–Trinajstić information content (AvgIpc) is 2.69. The van der Waals surface area contributed by atoms with Gasteiger partial charge < -0.3 is 10.2 Å². The van der Waals surface area contributed by atoms with Crippen LogP contribution in [-0.4, -0.2) is 25.1 Å². The second-order valence-corrected chi connectivity index (χ2v) is 5.80. The molecule has 1 unspecified atom stereocenters. The van der Waals surface area contributed by atoms with Crippen molar-refractivity contribution in [2.75, 3.05) is 25.0 Å². The molecule has 94 valence electrons. The minimum absolute atomic E-state index is 0.367. The molecule has 1 fully saturated rings. The van der Waals surface area contributed by atoms with E-state index in [0.29, 0.717) is 11.5 Å². The predicted molar refractivity (Wildman–Crippen MR) is 72.3 cm³/mol. The van der Waals surface area contributed by atoms with Crippen LogP contribution in [0.2, 0.25) is 0 Å². The van der Waals surface area contributed by atoms with Gasteiger partial charge in [-0.25, -0.2) is 4.98 Å². The molecule has 2 heterocycles. The first kappa shape index (κ1) is 12.4. The van der Waals surface area contributed by atoms with Crippen molar-refractivity contribution >= 4 is 5.82 Å². The molecule has 1 N–H and O–H groups in total. The Bertz CT molecular complexity index is 370. The normalized spacial score (nSPS) is 20.6. The summed E-state index contributed by atoms with van der Waals surface area (Å²) in [6.45, 7) is 9.03. The molecule has 0 amide bonds. The Hall–Kier alpha value is -1.09. The number of nitrogens with zero attached hydrogens (tertiary/aromatic N) is 2. The fraction of sp³-hybridized carbons (Fsp3) is 0.643. The number of rotatable bonds is 3. The van der Waals surface area contributed by atoms with Crippen LogP contribution in [-0.2, 0) is 0 Å². The minimum Gasteiger partial charge on any atom is -0.356 e. The lowest BCUT2D eigenvalue weighted by Crippen LogP contribution is -2.23. The molecule has 0 bridgehead atoms. The molecule has 0 spiro atoms. The third-order valence-corrected chi connectivity index (χ3v) is 3.71. The van der Waals surface area contributed by atoms with E-state index in [1.807, 2.05) is 13.2 Å². The lowest BCUT2D eigenvalue weighted by Gasteiger charge is -2.21. The second kappa shape index (κ2) is 4.65. The van der Waals surface area contributed by atoms with Crippen LogP contribution in [0.3, 0.4) is 0 Å². The van der Waals surface area contributed by atoms with E-state index in [1.54, 1.807) is 0 Å². The van der Waals surface area contributed by atoms with Crippen molar-refractivity contribution in [2.24, 2.45) is 5.41 Å². The molecule has 0 radical (unpaired) electrons. The zero-order valence-corrected chi connectivity index (χ0v) is 11.3. The molecule has 1 aliphatic heterocycles. The van der Waals surface area contributed by atoms with Gasteiger partial charge in [0.05, 0.1) is 0 Å². The molecule has 0 aliphatic carbocycles. The first-order valence-corrected chi connectivity index (χ1v) is 6.40. The van der Waals surface area contributed by atoms with Gasteiger partial charge in [-0.1, -0.05) is 19.9 Å². The quantitative estimate of drug-likeness (QED) is 0.870. The van der Waals surface area contributed by atoms with E-state index >= 15 is 0 Å². The van der Waals surface area contributed by atoms with Crippen molar-refractivity contribution in [1.29, 1.82) is 0 Å². The summed E-state index contributed by atoms with van der Waals surface area (Å²) in [6, 6.07) is 4.69. The maximum atomic E-state index is 4.58. The van der Waals surface area contributed by atoms with Gasteiger partial charge >= 0.3 is 0 Å². The number of nitrogens with one attached hydrogen (secondary N) is 1. The fourth-order valence-electron chi connectivity index (χ4n) is 2.32. The Morgan fingerprint density at radius 1 is 1.41 bits per heavy atom. The summed E-state index contributed by atoms with van der Waals surface area (Å²) in [6.07, 6.45) is 3.24. The van der Waals surface area contributed by atoms with E-state index in [9.17, 15) is 0 Å². The van der Waals surface area contributed by atoms with E-state index in [-0.39, 0.29) is 0 Å². The maximum Gasteiger partial charge on any atom is 0.128 e. The van der Waals surface area contributed by atoms with Gasteiger partial charge in [0, 0.05) is 25.3 Å². The Balaban J connectivity index is 2.09. The lowest BCUT2D eigenvalue weighted by atomic mass is 9.93. The standard InChI is InChI=1S/C14H23N3/c1-11(15-4)12-5-6-13(16-9-12)17-8-7-14(2,3)10-17/h5-6,9,11,15H,7-8,10H2,1-4H3. The van der Waals surface area contributed by atoms with Gasteiger partial charge in [0.15, 0.2) is 0 Å². The Kier molecular flexibility index (Phi) is 3.38. The van der Waals surface area contributed by atoms with Crippen molar-refractivity contribution in [3.05, 3.63) is 23.9 Å². The largest absolute Gasteiger partial charge is 0.356 e. The Morgan fingerprint density at radius 2 is 2.18 bits per heavy atom. The molecule has 1 aromatic heterocycles. The van der Waals surface area contributed by atoms with Gasteiger partial charge in [-0.3, -0.25) is 0 Å². The number of pyridine rings is 1. The molecule has 1 atom stereocenters. The summed E-state index contributed by atoms with van der Waals surface area (Å²) in [5.74, 6) is 1.11. The molecular formula is C14H23N3. The average molecular weight is 233 g/mol. The zero-order chi connectivity index (χ0) is 12.5. The topological polar surface area (TPSA) is 28.2 Å². The van der Waals surface area contributed by atoms with E-state index in [1.165, 1.54) is 12.0 Å². The SMILES string of the molecule is CNC(C)c1ccc(N2CCC(C)(C)C2)nc1. The van der Waals surface area contributed by atoms with Crippen LogP contribution in [0.1, 0.15) is 38.8 Å². The third-order valence-electron chi connectivity index (χ3n) is 3.71. The molecule has 1 aromatic rings. The molecule has 3 heteroatoms. The van der Waals surface area contributed by atoms with Crippen LogP contribution in [0, 0.1) is 5.41 Å². The Morgan fingerprint density at radius 3 is 2.65 bits per heavy atom. The molecular weight excluding hydrogens is 210 g/mol. The summed E-state index contributed by atoms with van der Waals surface area (Å²) in [4.78, 5) is 6.96. The van der Waals surface area contributed by atoms with Gasteiger partial charge in [-0.05, 0) is 37.4 Å². The second-order valence-electron chi connectivity index (χ2n) is 5.80. The summed E-state index contributed by atoms with van der Waals surface area (Å²) in [7, 11) is 1.97.